The maximum absolute atomic E-state index is 8.74. The summed E-state index contributed by atoms with van der Waals surface area (Å²) < 4.78 is 5.15. The summed E-state index contributed by atoms with van der Waals surface area (Å²) in [6.07, 6.45) is 0. The first-order valence-electron chi connectivity index (χ1n) is 6.56. The molecule has 0 heterocycles. The summed E-state index contributed by atoms with van der Waals surface area (Å²) in [5.74, 6) is 0.949. The highest BCUT2D eigenvalue weighted by Gasteiger charge is 2.05. The van der Waals surface area contributed by atoms with Gasteiger partial charge in [-0.2, -0.15) is 0 Å². The largest absolute Gasteiger partial charge is 0.497 e. The lowest BCUT2D eigenvalue weighted by molar-refractivity contribution is 0.318. The van der Waals surface area contributed by atoms with Gasteiger partial charge in [0.25, 0.3) is 0 Å². The molecule has 0 radical (unpaired) electrons. The summed E-state index contributed by atoms with van der Waals surface area (Å²) in [6, 6.07) is 15.5. The van der Waals surface area contributed by atoms with Crippen LogP contribution in [-0.4, -0.2) is 25.2 Å². The number of rotatable bonds is 5. The van der Waals surface area contributed by atoms with Crippen LogP contribution in [0.1, 0.15) is 11.1 Å². The van der Waals surface area contributed by atoms with Crippen LogP contribution < -0.4 is 15.4 Å². The van der Waals surface area contributed by atoms with Crippen LogP contribution in [0.15, 0.2) is 53.7 Å². The van der Waals surface area contributed by atoms with Gasteiger partial charge in [-0.05, 0) is 29.8 Å². The van der Waals surface area contributed by atoms with Crippen LogP contribution in [0.5, 0.6) is 5.75 Å². The summed E-state index contributed by atoms with van der Waals surface area (Å²) in [5.41, 5.74) is 8.48. The van der Waals surface area contributed by atoms with Crippen molar-refractivity contribution in [3.63, 3.8) is 0 Å². The van der Waals surface area contributed by atoms with Crippen LogP contribution in [-0.2, 0) is 6.54 Å². The number of methoxy groups -OCH3 is 1. The number of anilines is 1. The van der Waals surface area contributed by atoms with Gasteiger partial charge in [-0.3, -0.25) is 0 Å². The second-order valence-electron chi connectivity index (χ2n) is 4.74. The summed E-state index contributed by atoms with van der Waals surface area (Å²) in [4.78, 5) is 2.09. The Morgan fingerprint density at radius 3 is 2.57 bits per heavy atom. The molecule has 2 rings (SSSR count). The summed E-state index contributed by atoms with van der Waals surface area (Å²) in [7, 11) is 3.65. The second kappa shape index (κ2) is 6.65. The number of amidine groups is 1. The van der Waals surface area contributed by atoms with E-state index in [1.807, 2.05) is 49.5 Å². The molecule has 2 aromatic carbocycles. The highest BCUT2D eigenvalue weighted by atomic mass is 16.5. The van der Waals surface area contributed by atoms with Gasteiger partial charge in [-0.1, -0.05) is 29.4 Å². The SMILES string of the molecule is COc1ccc(CN(C)c2cccc(C(N)=NO)c2)cc1. The number of hydrogen-bond acceptors (Lipinski definition) is 4. The molecule has 0 spiro atoms. The zero-order valence-corrected chi connectivity index (χ0v) is 12.2. The summed E-state index contributed by atoms with van der Waals surface area (Å²) >= 11 is 0. The van der Waals surface area contributed by atoms with Crippen molar-refractivity contribution in [2.75, 3.05) is 19.1 Å². The Kier molecular flexibility index (Phi) is 4.66. The molecule has 0 unspecified atom stereocenters. The first-order chi connectivity index (χ1) is 10.1. The van der Waals surface area contributed by atoms with Crippen LogP contribution in [0, 0.1) is 0 Å². The fourth-order valence-electron chi connectivity index (χ4n) is 2.06. The van der Waals surface area contributed by atoms with Crippen LogP contribution in [0.2, 0.25) is 0 Å². The molecule has 0 atom stereocenters. The quantitative estimate of drug-likeness (QED) is 0.383. The van der Waals surface area contributed by atoms with E-state index in [4.69, 9.17) is 15.7 Å². The van der Waals surface area contributed by atoms with Gasteiger partial charge in [-0.25, -0.2) is 0 Å². The molecule has 2 aromatic rings. The number of nitrogens with zero attached hydrogens (tertiary/aromatic N) is 2. The molecule has 5 nitrogen and oxygen atoms in total. The van der Waals surface area contributed by atoms with E-state index in [0.29, 0.717) is 5.56 Å². The molecule has 0 aliphatic carbocycles. The third-order valence-corrected chi connectivity index (χ3v) is 3.27. The van der Waals surface area contributed by atoms with E-state index in [1.165, 1.54) is 5.56 Å². The second-order valence-corrected chi connectivity index (χ2v) is 4.74. The molecule has 0 aromatic heterocycles. The van der Waals surface area contributed by atoms with Crippen molar-refractivity contribution >= 4 is 11.5 Å². The minimum atomic E-state index is 0.106. The topological polar surface area (TPSA) is 71.1 Å². The average molecular weight is 285 g/mol. The van der Waals surface area contributed by atoms with Crippen molar-refractivity contribution in [1.82, 2.24) is 0 Å². The van der Waals surface area contributed by atoms with Gasteiger partial charge in [0, 0.05) is 24.8 Å². The van der Waals surface area contributed by atoms with Gasteiger partial charge in [-0.15, -0.1) is 0 Å². The van der Waals surface area contributed by atoms with Crippen LogP contribution in [0.25, 0.3) is 0 Å². The Balaban J connectivity index is 2.14. The highest BCUT2D eigenvalue weighted by Crippen LogP contribution is 2.18. The van der Waals surface area contributed by atoms with E-state index < -0.39 is 0 Å². The smallest absolute Gasteiger partial charge is 0.170 e. The van der Waals surface area contributed by atoms with Gasteiger partial charge >= 0.3 is 0 Å². The number of benzene rings is 2. The van der Waals surface area contributed by atoms with Crippen molar-refractivity contribution in [3.05, 3.63) is 59.7 Å². The third kappa shape index (κ3) is 3.66. The Morgan fingerprint density at radius 1 is 1.24 bits per heavy atom. The maximum Gasteiger partial charge on any atom is 0.170 e. The first kappa shape index (κ1) is 14.7. The molecule has 0 aliphatic heterocycles. The molecule has 5 heteroatoms. The fourth-order valence-corrected chi connectivity index (χ4v) is 2.06. The predicted octanol–water partition coefficient (Wildman–Crippen LogP) is 2.43. The summed E-state index contributed by atoms with van der Waals surface area (Å²) in [6.45, 7) is 0.754. The van der Waals surface area contributed by atoms with Crippen molar-refractivity contribution in [2.45, 2.75) is 6.54 Å². The van der Waals surface area contributed by atoms with Crippen LogP contribution >= 0.6 is 0 Å². The van der Waals surface area contributed by atoms with Gasteiger partial charge in [0.1, 0.15) is 5.75 Å². The van der Waals surface area contributed by atoms with Crippen LogP contribution in [0.4, 0.5) is 5.69 Å². The lowest BCUT2D eigenvalue weighted by Crippen LogP contribution is -2.18. The highest BCUT2D eigenvalue weighted by molar-refractivity contribution is 5.97. The molecule has 110 valence electrons. The van der Waals surface area contributed by atoms with Crippen molar-refractivity contribution in [3.8, 4) is 5.75 Å². The molecule has 0 saturated heterocycles. The maximum atomic E-state index is 8.74. The normalized spacial score (nSPS) is 11.2. The molecular weight excluding hydrogens is 266 g/mol. The van der Waals surface area contributed by atoms with Gasteiger partial charge < -0.3 is 20.6 Å². The number of nitrogens with two attached hydrogens (primary N) is 1. The van der Waals surface area contributed by atoms with Gasteiger partial charge in [0.2, 0.25) is 0 Å². The van der Waals surface area contributed by atoms with E-state index in [2.05, 4.69) is 10.1 Å². The van der Waals surface area contributed by atoms with Gasteiger partial charge in [0.05, 0.1) is 7.11 Å². The Hall–Kier alpha value is -2.69. The van der Waals surface area contributed by atoms with E-state index in [1.54, 1.807) is 13.2 Å². The number of ether oxygens (including phenoxy) is 1. The summed E-state index contributed by atoms with van der Waals surface area (Å²) in [5, 5.41) is 11.8. The van der Waals surface area contributed by atoms with E-state index in [-0.39, 0.29) is 5.84 Å². The van der Waals surface area contributed by atoms with Gasteiger partial charge in [0.15, 0.2) is 5.84 Å². The molecule has 21 heavy (non-hydrogen) atoms. The monoisotopic (exact) mass is 285 g/mol. The third-order valence-electron chi connectivity index (χ3n) is 3.27. The minimum Gasteiger partial charge on any atom is -0.497 e. The Labute approximate surface area is 124 Å². The predicted molar refractivity (Wildman–Crippen MR) is 84.1 cm³/mol. The average Bonchev–Trinajstić information content (AvgIpc) is 2.55. The lowest BCUT2D eigenvalue weighted by atomic mass is 10.1. The van der Waals surface area contributed by atoms with Crippen molar-refractivity contribution < 1.29 is 9.94 Å². The van der Waals surface area contributed by atoms with Crippen LogP contribution in [0.3, 0.4) is 0 Å². The minimum absolute atomic E-state index is 0.106. The van der Waals surface area contributed by atoms with Crippen molar-refractivity contribution in [2.24, 2.45) is 10.9 Å². The molecule has 0 fully saturated rings. The van der Waals surface area contributed by atoms with Crippen molar-refractivity contribution in [1.29, 1.82) is 0 Å². The lowest BCUT2D eigenvalue weighted by Gasteiger charge is -2.20. The Morgan fingerprint density at radius 2 is 1.95 bits per heavy atom. The molecule has 0 amide bonds. The standard InChI is InChI=1S/C16H19N3O2/c1-19(11-12-6-8-15(21-2)9-7-12)14-5-3-4-13(10-14)16(17)18-20/h3-10,20H,11H2,1-2H3,(H2,17,18). The zero-order valence-electron chi connectivity index (χ0n) is 12.2. The van der Waals surface area contributed by atoms with E-state index >= 15 is 0 Å². The molecule has 0 aliphatic rings. The first-order valence-corrected chi connectivity index (χ1v) is 6.56. The Bertz CT molecular complexity index is 624. The molecule has 0 saturated carbocycles. The number of oxime groups is 1. The van der Waals surface area contributed by atoms with E-state index in [9.17, 15) is 0 Å². The number of hydrogen-bond donors (Lipinski definition) is 2. The molecule has 3 N–H and O–H groups in total. The fraction of sp³-hybridized carbons (Fsp3) is 0.188. The molecular formula is C16H19N3O2. The van der Waals surface area contributed by atoms with E-state index in [0.717, 1.165) is 18.0 Å². The molecule has 0 bridgehead atoms. The zero-order chi connectivity index (χ0) is 15.2.